The normalized spacial score (nSPS) is 14.7. The number of carbonyl (C=O) groups is 6. The Morgan fingerprint density at radius 2 is 1.02 bits per heavy atom. The number of nitrogens with two attached hydrogens (primary N) is 3. The van der Waals surface area contributed by atoms with Crippen molar-refractivity contribution in [3.8, 4) is 23.0 Å². The Kier molecular flexibility index (Phi) is 52.0. The topological polar surface area (TPSA) is 342 Å². The van der Waals surface area contributed by atoms with E-state index in [0.29, 0.717) is 94.0 Å². The fraction of sp³-hybridized carbons (Fsp3) is 0.640. The molecule has 0 unspecified atom stereocenters. The molecule has 1 saturated heterocycles. The van der Waals surface area contributed by atoms with Gasteiger partial charge in [-0.05, 0) is 141 Å². The van der Waals surface area contributed by atoms with Crippen LogP contribution in [0.25, 0.3) is 0 Å². The fourth-order valence-corrected chi connectivity index (χ4v) is 11.7. The zero-order valence-electron chi connectivity index (χ0n) is 68.3. The van der Waals surface area contributed by atoms with Crippen molar-refractivity contribution in [1.82, 2.24) is 10.6 Å². The number of ketones is 1. The maximum Gasteiger partial charge on any atom is 0.407 e. The zero-order chi connectivity index (χ0) is 81.4. The summed E-state index contributed by atoms with van der Waals surface area (Å²) in [6.07, 6.45) is 9.94. The largest absolute Gasteiger partial charge is 0.493 e. The van der Waals surface area contributed by atoms with Crippen molar-refractivity contribution in [3.63, 3.8) is 0 Å². The number of cyclic esters (lactones) is 1. The van der Waals surface area contributed by atoms with Crippen LogP contribution < -0.4 is 46.8 Å². The number of unbranched alkanes of at least 4 members (excludes halogenated alkanes) is 4. The number of primary amides is 2. The van der Waals surface area contributed by atoms with E-state index in [-0.39, 0.29) is 98.8 Å². The molecule has 1 aliphatic rings. The summed E-state index contributed by atoms with van der Waals surface area (Å²) in [6, 6.07) is 29.8. The van der Waals surface area contributed by atoms with Crippen molar-refractivity contribution >= 4 is 41.9 Å². The van der Waals surface area contributed by atoms with Gasteiger partial charge in [0, 0.05) is 64.6 Å². The molecular formula is C86H139N5O18. The lowest BCUT2D eigenvalue weighted by atomic mass is 9.78. The molecule has 4 amide bonds. The van der Waals surface area contributed by atoms with E-state index >= 15 is 0 Å². The molecule has 0 saturated carbocycles. The Balaban J connectivity index is 0.00000174. The van der Waals surface area contributed by atoms with Gasteiger partial charge in [0.25, 0.3) is 0 Å². The number of benzene rings is 4. The van der Waals surface area contributed by atoms with E-state index in [2.05, 4.69) is 58.2 Å². The first kappa shape index (κ1) is 101. The zero-order valence-corrected chi connectivity index (χ0v) is 68.3. The Bertz CT molecular complexity index is 3190. The fourth-order valence-electron chi connectivity index (χ4n) is 11.7. The van der Waals surface area contributed by atoms with Crippen molar-refractivity contribution in [2.75, 3.05) is 61.4 Å². The van der Waals surface area contributed by atoms with E-state index in [4.69, 9.17) is 69.4 Å². The monoisotopic (exact) mass is 1530 g/mol. The number of ether oxygens (including phenoxy) is 9. The molecule has 1 fully saturated rings. The Morgan fingerprint density at radius 1 is 0.578 bits per heavy atom. The van der Waals surface area contributed by atoms with Crippen molar-refractivity contribution in [3.05, 3.63) is 119 Å². The average molecular weight is 1530 g/mol. The molecule has 5 rings (SSSR count). The lowest BCUT2D eigenvalue weighted by Gasteiger charge is -2.32. The molecule has 8 atom stereocenters. The quantitative estimate of drug-likeness (QED) is 0.0136. The van der Waals surface area contributed by atoms with Crippen molar-refractivity contribution < 1.29 is 86.1 Å². The van der Waals surface area contributed by atoms with Crippen LogP contribution in [-0.4, -0.2) is 133 Å². The number of methoxy groups -OCH3 is 4. The number of rotatable bonds is 45. The number of nitrogens with one attached hydrogen (secondary N) is 2. The molecule has 9 N–H and O–H groups in total. The molecule has 4 aromatic rings. The molecule has 0 radical (unpaired) electrons. The molecule has 4 aromatic carbocycles. The number of hydrogen-bond acceptors (Lipinski definition) is 19. The Hall–Kier alpha value is -8.08. The van der Waals surface area contributed by atoms with Gasteiger partial charge in [0.1, 0.15) is 25.1 Å². The minimum Gasteiger partial charge on any atom is -0.493 e. The number of esters is 1. The molecule has 1 aliphatic heterocycles. The van der Waals surface area contributed by atoms with E-state index in [1.807, 2.05) is 119 Å². The highest BCUT2D eigenvalue weighted by Gasteiger charge is 2.42. The first-order valence-electron chi connectivity index (χ1n) is 38.4. The van der Waals surface area contributed by atoms with Gasteiger partial charge >= 0.3 is 24.3 Å². The van der Waals surface area contributed by atoms with Gasteiger partial charge in [-0.2, -0.15) is 9.59 Å². The minimum absolute atomic E-state index is 0. The summed E-state index contributed by atoms with van der Waals surface area (Å²) in [4.78, 5) is 90.7. The Morgan fingerprint density at radius 3 is 1.39 bits per heavy atom. The van der Waals surface area contributed by atoms with Crippen molar-refractivity contribution in [1.29, 1.82) is 0 Å². The van der Waals surface area contributed by atoms with E-state index in [0.717, 1.165) is 41.5 Å². The van der Waals surface area contributed by atoms with E-state index in [1.54, 1.807) is 56.1 Å². The summed E-state index contributed by atoms with van der Waals surface area (Å²) in [5.74, 6) is 1.85. The summed E-state index contributed by atoms with van der Waals surface area (Å²) in [5, 5.41) is 17.7. The van der Waals surface area contributed by atoms with Crippen LogP contribution in [0.5, 0.6) is 23.0 Å². The average Bonchev–Trinajstić information content (AvgIpc) is 1.72. The van der Waals surface area contributed by atoms with Crippen LogP contribution in [0.1, 0.15) is 210 Å². The van der Waals surface area contributed by atoms with E-state index < -0.39 is 53.1 Å². The number of aliphatic hydroxyl groups is 1. The molecular weight excluding hydrogens is 1390 g/mol. The van der Waals surface area contributed by atoms with Crippen LogP contribution in [0.4, 0.5) is 9.59 Å². The lowest BCUT2D eigenvalue weighted by Crippen LogP contribution is -2.47. The summed E-state index contributed by atoms with van der Waals surface area (Å²) >= 11 is 0. The summed E-state index contributed by atoms with van der Waals surface area (Å²) in [7, 11) is 6.57. The molecule has 23 nitrogen and oxygen atoms in total. The standard InChI is InChI=1S/C39H60N2O8.C33H47NO7.C7H16.C5H12N2O.CO2.CH4/c1-26(2)30(21-29-15-16-35(47-8)36(22-29)48-20-12-19-46-7)23-32(41-38(45)49-25-28-13-10-9-11-14-28)34(43)24-31(27(3)4)33(42)17-18-39(5,6)37(40)44;1-22(2)26(17-25-13-14-29(38-6)31(18-25)39-16-10-15-37-5)19-28(30-20-27(23(3)4)32(35)41-30)34-33(36)40-21-24-11-8-7-9-12-24;1-3-5-7-6-4-2;1-5(2,3-6)4(7)8;2-1-3;/h9-11,13-16,22,26-27,30-32,34,43H,12,17-21,23-25H2,1-8H3,(H2,40,44)(H,41,45);7-9,11-14,18,22-23,26-28,30H,10,15-17,19-21H2,1-6H3,(H,34,36);3-7H2,1-2H3;3,6H2,1-2H3,(H2,7,8);;1H4/t30-,31-,32-,34-;26-,27-,28-,30-;;;;/m00..../s1. The lowest BCUT2D eigenvalue weighted by molar-refractivity contribution is -0.191. The van der Waals surface area contributed by atoms with Crippen LogP contribution >= 0.6 is 0 Å². The number of aliphatic hydroxyl groups excluding tert-OH is 1. The number of Topliss-reactive ketones (excluding diaryl/α,β-unsaturated/α-hetero) is 1. The van der Waals surface area contributed by atoms with Crippen LogP contribution in [0.2, 0.25) is 0 Å². The maximum absolute atomic E-state index is 13.5. The second-order valence-corrected chi connectivity index (χ2v) is 30.4. The van der Waals surface area contributed by atoms with Gasteiger partial charge in [-0.25, -0.2) is 9.59 Å². The first-order valence-corrected chi connectivity index (χ1v) is 38.4. The van der Waals surface area contributed by atoms with Gasteiger partial charge in [0.15, 0.2) is 23.0 Å². The third kappa shape index (κ3) is 41.0. The Labute approximate surface area is 652 Å². The van der Waals surface area contributed by atoms with E-state index in [1.165, 1.54) is 32.1 Å². The highest BCUT2D eigenvalue weighted by molar-refractivity contribution is 5.84. The number of alkyl carbamates (subject to hydrolysis) is 2. The predicted octanol–water partition coefficient (Wildman–Crippen LogP) is 15.2. The molecule has 0 aromatic heterocycles. The first-order chi connectivity index (χ1) is 51.2. The maximum atomic E-state index is 13.5. The van der Waals surface area contributed by atoms with Gasteiger partial charge in [0.2, 0.25) is 11.8 Å². The second kappa shape index (κ2) is 56.2. The van der Waals surface area contributed by atoms with Crippen LogP contribution in [0.3, 0.4) is 0 Å². The summed E-state index contributed by atoms with van der Waals surface area (Å²) in [6.45, 7) is 30.7. The predicted molar refractivity (Wildman–Crippen MR) is 428 cm³/mol. The summed E-state index contributed by atoms with van der Waals surface area (Å²) in [5.41, 5.74) is 18.3. The molecule has 0 aliphatic carbocycles. The van der Waals surface area contributed by atoms with E-state index in [9.17, 15) is 33.9 Å². The van der Waals surface area contributed by atoms with Crippen molar-refractivity contribution in [2.45, 2.75) is 238 Å². The molecule has 109 heavy (non-hydrogen) atoms. The SMILES string of the molecule is C.CC(C)(CN)C(N)=O.CCCCCCC.COCCCOc1cc(C[C@@H](C[C@H](NC(=O)OCc2ccccc2)[C@@H](O)C[C@H](C(=O)CCC(C)(C)C(N)=O)C(C)C)C(C)C)ccc1OC.COCCCOc1cc(C[C@@H](C[C@H](NC(=O)OCc2ccccc2)[C@@H]2C[C@@H](C(C)C)C(=O)O2)C(C)C)ccc1OC.O=C=O. The number of hydrogen-bond donors (Lipinski definition) is 6. The third-order valence-electron chi connectivity index (χ3n) is 19.5. The summed E-state index contributed by atoms with van der Waals surface area (Å²) < 4.78 is 50.3. The van der Waals surface area contributed by atoms with Gasteiger partial charge in [0.05, 0.1) is 57.0 Å². The van der Waals surface area contributed by atoms with Gasteiger partial charge in [-0.15, -0.1) is 0 Å². The third-order valence-corrected chi connectivity index (χ3v) is 19.5. The molecule has 0 spiro atoms. The molecule has 1 heterocycles. The smallest absolute Gasteiger partial charge is 0.407 e. The molecule has 0 bridgehead atoms. The van der Waals surface area contributed by atoms with Crippen LogP contribution in [0.15, 0.2) is 97.1 Å². The van der Waals surface area contributed by atoms with Crippen molar-refractivity contribution in [2.24, 2.45) is 75.4 Å². The molecule has 23 heteroatoms. The van der Waals surface area contributed by atoms with Crippen LogP contribution in [-0.2, 0) is 78.5 Å². The molecule has 616 valence electrons. The number of carbonyl (C=O) groups excluding carboxylic acids is 8. The van der Waals surface area contributed by atoms with Gasteiger partial charge in [-0.3, -0.25) is 19.2 Å². The number of amides is 4. The van der Waals surface area contributed by atoms with Gasteiger partial charge in [-0.1, -0.05) is 195 Å². The second-order valence-electron chi connectivity index (χ2n) is 30.4. The minimum atomic E-state index is -1.03. The van der Waals surface area contributed by atoms with Crippen LogP contribution in [0, 0.1) is 58.2 Å². The highest BCUT2D eigenvalue weighted by atomic mass is 16.6. The van der Waals surface area contributed by atoms with Gasteiger partial charge < -0.3 is 75.6 Å². The highest BCUT2D eigenvalue weighted by Crippen LogP contribution is 2.37.